The summed E-state index contributed by atoms with van der Waals surface area (Å²) < 4.78 is 5.56. The summed E-state index contributed by atoms with van der Waals surface area (Å²) in [6, 6.07) is 17.5. The van der Waals surface area contributed by atoms with Crippen molar-refractivity contribution in [2.75, 3.05) is 6.61 Å². The summed E-state index contributed by atoms with van der Waals surface area (Å²) in [6.45, 7) is 5.55. The number of nitrogens with one attached hydrogen (secondary N) is 1. The molecule has 0 fully saturated rings. The monoisotopic (exact) mass is 334 g/mol. The van der Waals surface area contributed by atoms with Crippen LogP contribution in [0.25, 0.3) is 6.08 Å². The molecule has 1 N–H and O–H groups in total. The van der Waals surface area contributed by atoms with Crippen molar-refractivity contribution >= 4 is 18.2 Å². The van der Waals surface area contributed by atoms with Crippen molar-refractivity contribution in [3.63, 3.8) is 0 Å². The van der Waals surface area contributed by atoms with Crippen molar-refractivity contribution in [3.05, 3.63) is 84.0 Å². The predicted octanol–water partition coefficient (Wildman–Crippen LogP) is 4.00. The summed E-state index contributed by atoms with van der Waals surface area (Å²) in [5.41, 5.74) is 5.48. The van der Waals surface area contributed by atoms with Gasteiger partial charge in [0.1, 0.15) is 5.75 Å². The van der Waals surface area contributed by atoms with Crippen LogP contribution < -0.4 is 10.2 Å². The molecule has 0 aliphatic heterocycles. The molecule has 2 aromatic carbocycles. The molecule has 0 spiro atoms. The van der Waals surface area contributed by atoms with Crippen LogP contribution in [0.3, 0.4) is 0 Å². The maximum Gasteiger partial charge on any atom is 0.277 e. The highest BCUT2D eigenvalue weighted by Gasteiger charge is 2.04. The van der Waals surface area contributed by atoms with Crippen molar-refractivity contribution in [1.29, 1.82) is 0 Å². The second-order valence-electron chi connectivity index (χ2n) is 5.48. The van der Waals surface area contributed by atoms with Gasteiger partial charge in [-0.2, -0.15) is 5.10 Å². The average molecular weight is 334 g/mol. The molecule has 0 saturated heterocycles. The summed E-state index contributed by atoms with van der Waals surface area (Å²) in [7, 11) is 0. The van der Waals surface area contributed by atoms with Crippen LogP contribution in [0, 0.1) is 0 Å². The lowest BCUT2D eigenvalue weighted by molar-refractivity contribution is -0.123. The summed E-state index contributed by atoms with van der Waals surface area (Å²) >= 11 is 0. The molecule has 2 rings (SSSR count). The number of benzene rings is 2. The van der Waals surface area contributed by atoms with Gasteiger partial charge in [-0.15, -0.1) is 6.58 Å². The van der Waals surface area contributed by atoms with Gasteiger partial charge in [-0.3, -0.25) is 4.79 Å². The number of allylic oxidation sites excluding steroid dienone is 2. The number of hydrogen-bond donors (Lipinski definition) is 1. The van der Waals surface area contributed by atoms with Gasteiger partial charge in [0.05, 0.1) is 6.21 Å². The lowest BCUT2D eigenvalue weighted by atomic mass is 10.1. The van der Waals surface area contributed by atoms with Crippen LogP contribution in [0.15, 0.2) is 77.9 Å². The Hall–Kier alpha value is -3.14. The van der Waals surface area contributed by atoms with Crippen LogP contribution >= 0.6 is 0 Å². The Morgan fingerprint density at radius 2 is 1.88 bits per heavy atom. The zero-order valence-corrected chi connectivity index (χ0v) is 14.3. The van der Waals surface area contributed by atoms with E-state index < -0.39 is 0 Å². The molecule has 0 heterocycles. The number of para-hydroxylation sites is 1. The van der Waals surface area contributed by atoms with Gasteiger partial charge in [0, 0.05) is 0 Å². The second kappa shape index (κ2) is 9.88. The Balaban J connectivity index is 1.83. The van der Waals surface area contributed by atoms with Gasteiger partial charge < -0.3 is 4.74 Å². The molecule has 0 aromatic heterocycles. The van der Waals surface area contributed by atoms with Crippen molar-refractivity contribution in [2.24, 2.45) is 5.10 Å². The van der Waals surface area contributed by atoms with Gasteiger partial charge in [-0.25, -0.2) is 5.43 Å². The molecule has 4 nitrogen and oxygen atoms in total. The first-order chi connectivity index (χ1) is 12.2. The van der Waals surface area contributed by atoms with E-state index in [1.807, 2.05) is 67.6 Å². The highest BCUT2D eigenvalue weighted by Crippen LogP contribution is 2.18. The first kappa shape index (κ1) is 18.2. The number of hydrogen-bond acceptors (Lipinski definition) is 3. The molecule has 4 heteroatoms. The van der Waals surface area contributed by atoms with E-state index in [1.54, 1.807) is 12.3 Å². The number of nitrogens with zero attached hydrogens (tertiary/aromatic N) is 1. The van der Waals surface area contributed by atoms with E-state index in [9.17, 15) is 4.79 Å². The standard InChI is InChI=1S/C21H22N2O2/c1-3-9-19-12-7-8-13-20(19)25-16-21(24)23-22-15-17(2)14-18-10-5-4-6-11-18/h3-8,10-15H,1,9,16H2,2H3,(H,23,24)/b17-14-,22-15-. The summed E-state index contributed by atoms with van der Waals surface area (Å²) in [4.78, 5) is 11.8. The molecule has 0 radical (unpaired) electrons. The van der Waals surface area contributed by atoms with E-state index in [0.29, 0.717) is 12.2 Å². The van der Waals surface area contributed by atoms with Gasteiger partial charge in [0.2, 0.25) is 0 Å². The Morgan fingerprint density at radius 3 is 2.64 bits per heavy atom. The topological polar surface area (TPSA) is 50.7 Å². The number of rotatable bonds is 8. The number of carbonyl (C=O) groups excluding carboxylic acids is 1. The molecule has 0 unspecified atom stereocenters. The van der Waals surface area contributed by atoms with Gasteiger partial charge in [0.25, 0.3) is 5.91 Å². The fraction of sp³-hybridized carbons (Fsp3) is 0.143. The van der Waals surface area contributed by atoms with Crippen molar-refractivity contribution in [3.8, 4) is 5.75 Å². The van der Waals surface area contributed by atoms with Crippen LogP contribution in [-0.2, 0) is 11.2 Å². The van der Waals surface area contributed by atoms with Crippen LogP contribution in [0.1, 0.15) is 18.1 Å². The molecule has 0 bridgehead atoms. The van der Waals surface area contributed by atoms with Crippen molar-refractivity contribution < 1.29 is 9.53 Å². The molecule has 128 valence electrons. The van der Waals surface area contributed by atoms with E-state index in [-0.39, 0.29) is 12.5 Å². The zero-order valence-electron chi connectivity index (χ0n) is 14.3. The third-order valence-corrected chi connectivity index (χ3v) is 3.35. The van der Waals surface area contributed by atoms with E-state index in [1.165, 1.54) is 0 Å². The Labute approximate surface area is 148 Å². The van der Waals surface area contributed by atoms with Crippen molar-refractivity contribution in [1.82, 2.24) is 5.43 Å². The van der Waals surface area contributed by atoms with Crippen LogP contribution in [0.5, 0.6) is 5.75 Å². The van der Waals surface area contributed by atoms with E-state index in [4.69, 9.17) is 4.74 Å². The predicted molar refractivity (Wildman–Crippen MR) is 103 cm³/mol. The molecule has 0 aliphatic carbocycles. The van der Waals surface area contributed by atoms with E-state index in [0.717, 1.165) is 16.7 Å². The molecule has 1 amide bonds. The third kappa shape index (κ3) is 6.47. The number of hydrazone groups is 1. The number of amides is 1. The summed E-state index contributed by atoms with van der Waals surface area (Å²) in [5.74, 6) is 0.374. The SMILES string of the molecule is C=CCc1ccccc1OCC(=O)N/N=C\C(C)=C/c1ccccc1. The Morgan fingerprint density at radius 1 is 1.16 bits per heavy atom. The van der Waals surface area contributed by atoms with Crippen LogP contribution in [-0.4, -0.2) is 18.7 Å². The summed E-state index contributed by atoms with van der Waals surface area (Å²) in [6.07, 6.45) is 6.09. The maximum atomic E-state index is 11.8. The minimum Gasteiger partial charge on any atom is -0.483 e. The Kier molecular flexibility index (Phi) is 7.19. The normalized spacial score (nSPS) is 11.3. The fourth-order valence-corrected chi connectivity index (χ4v) is 2.20. The van der Waals surface area contributed by atoms with E-state index in [2.05, 4.69) is 17.1 Å². The number of carbonyl (C=O) groups is 1. The first-order valence-electron chi connectivity index (χ1n) is 8.06. The molecule has 0 atom stereocenters. The van der Waals surface area contributed by atoms with Crippen LogP contribution in [0.4, 0.5) is 0 Å². The minimum absolute atomic E-state index is 0.0903. The molecule has 0 aliphatic rings. The fourth-order valence-electron chi connectivity index (χ4n) is 2.20. The van der Waals surface area contributed by atoms with Gasteiger partial charge >= 0.3 is 0 Å². The molecule has 0 saturated carbocycles. The van der Waals surface area contributed by atoms with Crippen molar-refractivity contribution in [2.45, 2.75) is 13.3 Å². The average Bonchev–Trinajstić information content (AvgIpc) is 2.62. The smallest absolute Gasteiger partial charge is 0.277 e. The third-order valence-electron chi connectivity index (χ3n) is 3.35. The highest BCUT2D eigenvalue weighted by atomic mass is 16.5. The van der Waals surface area contributed by atoms with Gasteiger partial charge in [0.15, 0.2) is 6.61 Å². The zero-order chi connectivity index (χ0) is 17.9. The molecular weight excluding hydrogens is 312 g/mol. The first-order valence-corrected chi connectivity index (χ1v) is 8.06. The second-order valence-corrected chi connectivity index (χ2v) is 5.48. The Bertz CT molecular complexity index is 764. The highest BCUT2D eigenvalue weighted by molar-refractivity contribution is 5.86. The maximum absolute atomic E-state index is 11.8. The van der Waals surface area contributed by atoms with Gasteiger partial charge in [-0.05, 0) is 36.1 Å². The number of ether oxygens (including phenoxy) is 1. The molecular formula is C21H22N2O2. The largest absolute Gasteiger partial charge is 0.483 e. The van der Waals surface area contributed by atoms with Gasteiger partial charge in [-0.1, -0.05) is 60.7 Å². The minimum atomic E-state index is -0.308. The molecule has 25 heavy (non-hydrogen) atoms. The lowest BCUT2D eigenvalue weighted by Crippen LogP contribution is -2.24. The summed E-state index contributed by atoms with van der Waals surface area (Å²) in [5, 5.41) is 3.95. The lowest BCUT2D eigenvalue weighted by Gasteiger charge is -2.09. The quantitative estimate of drug-likeness (QED) is 0.451. The van der Waals surface area contributed by atoms with E-state index >= 15 is 0 Å². The van der Waals surface area contributed by atoms with Crippen LogP contribution in [0.2, 0.25) is 0 Å². The molecule has 2 aromatic rings.